The van der Waals surface area contributed by atoms with Crippen LogP contribution in [-0.4, -0.2) is 28.7 Å². The van der Waals surface area contributed by atoms with Crippen LogP contribution in [0, 0.1) is 6.92 Å². The SMILES string of the molecule is Cc1ccc(Cl)c(C2=CC3CCCC(C2)N3C(=O)OC(C)(C)C)c1. The van der Waals surface area contributed by atoms with Gasteiger partial charge < -0.3 is 4.74 Å². The van der Waals surface area contributed by atoms with Crippen LogP contribution in [0.5, 0.6) is 0 Å². The summed E-state index contributed by atoms with van der Waals surface area (Å²) in [6.45, 7) is 7.83. The normalized spacial score (nSPS) is 23.7. The number of fused-ring (bicyclic) bond motifs is 2. The molecule has 0 spiro atoms. The Balaban J connectivity index is 1.90. The molecule has 2 bridgehead atoms. The van der Waals surface area contributed by atoms with Gasteiger partial charge in [-0.05, 0) is 70.6 Å². The van der Waals surface area contributed by atoms with Crippen molar-refractivity contribution in [2.24, 2.45) is 0 Å². The molecular weight excluding hydrogens is 322 g/mol. The number of ether oxygens (including phenoxy) is 1. The van der Waals surface area contributed by atoms with Gasteiger partial charge in [0.25, 0.3) is 0 Å². The molecule has 4 heteroatoms. The zero-order valence-electron chi connectivity index (χ0n) is 14.9. The molecule has 2 heterocycles. The van der Waals surface area contributed by atoms with Crippen LogP contribution < -0.4 is 0 Å². The molecule has 0 N–H and O–H groups in total. The second-order valence-electron chi connectivity index (χ2n) is 7.92. The number of carbonyl (C=O) groups is 1. The minimum Gasteiger partial charge on any atom is -0.444 e. The summed E-state index contributed by atoms with van der Waals surface area (Å²) in [5.41, 5.74) is 3.11. The van der Waals surface area contributed by atoms with Crippen molar-refractivity contribution in [2.75, 3.05) is 0 Å². The largest absolute Gasteiger partial charge is 0.444 e. The van der Waals surface area contributed by atoms with Gasteiger partial charge in [-0.2, -0.15) is 0 Å². The van der Waals surface area contributed by atoms with Crippen LogP contribution in [0.4, 0.5) is 4.79 Å². The van der Waals surface area contributed by atoms with Crippen molar-refractivity contribution in [3.63, 3.8) is 0 Å². The molecular formula is C20H26ClNO2. The molecule has 24 heavy (non-hydrogen) atoms. The lowest BCUT2D eigenvalue weighted by atomic mass is 9.83. The number of halogens is 1. The third-order valence-electron chi connectivity index (χ3n) is 4.71. The maximum atomic E-state index is 12.6. The van der Waals surface area contributed by atoms with E-state index < -0.39 is 5.60 Å². The predicted molar refractivity (Wildman–Crippen MR) is 98.3 cm³/mol. The number of amides is 1. The molecule has 1 aromatic rings. The van der Waals surface area contributed by atoms with E-state index in [0.29, 0.717) is 0 Å². The lowest BCUT2D eigenvalue weighted by molar-refractivity contribution is 0.0000867. The molecule has 0 saturated carbocycles. The van der Waals surface area contributed by atoms with Crippen molar-refractivity contribution in [2.45, 2.75) is 71.1 Å². The van der Waals surface area contributed by atoms with Crippen LogP contribution in [0.3, 0.4) is 0 Å². The Kier molecular flexibility index (Phi) is 4.65. The smallest absolute Gasteiger partial charge is 0.411 e. The Morgan fingerprint density at radius 3 is 2.71 bits per heavy atom. The summed E-state index contributed by atoms with van der Waals surface area (Å²) in [6.07, 6.45) is 6.04. The quantitative estimate of drug-likeness (QED) is 0.662. The van der Waals surface area contributed by atoms with Gasteiger partial charge >= 0.3 is 6.09 Å². The first kappa shape index (κ1) is 17.3. The summed E-state index contributed by atoms with van der Waals surface area (Å²) >= 11 is 6.43. The fourth-order valence-electron chi connectivity index (χ4n) is 3.71. The Hall–Kier alpha value is -1.48. The summed E-state index contributed by atoms with van der Waals surface area (Å²) in [7, 11) is 0. The molecule has 1 aromatic carbocycles. The number of rotatable bonds is 1. The number of carbonyl (C=O) groups excluding carboxylic acids is 1. The summed E-state index contributed by atoms with van der Waals surface area (Å²) in [6, 6.07) is 6.45. The maximum Gasteiger partial charge on any atom is 0.411 e. The van der Waals surface area contributed by atoms with E-state index in [9.17, 15) is 4.79 Å². The van der Waals surface area contributed by atoms with Gasteiger partial charge in [0.05, 0.1) is 6.04 Å². The number of nitrogens with zero attached hydrogens (tertiary/aromatic N) is 1. The predicted octanol–water partition coefficient (Wildman–Crippen LogP) is 5.59. The molecule has 2 atom stereocenters. The van der Waals surface area contributed by atoms with E-state index >= 15 is 0 Å². The molecule has 3 nitrogen and oxygen atoms in total. The molecule has 3 rings (SSSR count). The maximum absolute atomic E-state index is 12.6. The molecule has 0 radical (unpaired) electrons. The minimum absolute atomic E-state index is 0.110. The van der Waals surface area contributed by atoms with E-state index in [2.05, 4.69) is 19.1 Å². The van der Waals surface area contributed by atoms with Gasteiger partial charge in [0.15, 0.2) is 0 Å². The first-order valence-electron chi connectivity index (χ1n) is 8.73. The Morgan fingerprint density at radius 2 is 2.04 bits per heavy atom. The third kappa shape index (κ3) is 3.61. The fourth-order valence-corrected chi connectivity index (χ4v) is 3.95. The standard InChI is InChI=1S/C20H26ClNO2/c1-13-8-9-18(21)17(10-13)14-11-15-6-5-7-16(12-14)22(15)19(23)24-20(2,3)4/h8-11,15-16H,5-7,12H2,1-4H3. The first-order chi connectivity index (χ1) is 11.2. The van der Waals surface area contributed by atoms with Gasteiger partial charge in [0.1, 0.15) is 5.60 Å². The summed E-state index contributed by atoms with van der Waals surface area (Å²) in [5, 5.41) is 0.788. The molecule has 2 aliphatic rings. The zero-order valence-corrected chi connectivity index (χ0v) is 15.7. The highest BCUT2D eigenvalue weighted by atomic mass is 35.5. The van der Waals surface area contributed by atoms with E-state index in [1.54, 1.807) is 0 Å². The number of hydrogen-bond donors (Lipinski definition) is 0. The van der Waals surface area contributed by atoms with E-state index in [4.69, 9.17) is 16.3 Å². The number of aryl methyl sites for hydroxylation is 1. The second kappa shape index (κ2) is 6.44. The molecule has 2 unspecified atom stereocenters. The molecule has 1 saturated heterocycles. The average Bonchev–Trinajstić information content (AvgIpc) is 2.46. The number of piperidine rings is 1. The number of hydrogen-bond acceptors (Lipinski definition) is 2. The van der Waals surface area contributed by atoms with Gasteiger partial charge in [-0.3, -0.25) is 4.90 Å². The Morgan fingerprint density at radius 1 is 1.29 bits per heavy atom. The van der Waals surface area contributed by atoms with Crippen LogP contribution >= 0.6 is 11.6 Å². The zero-order chi connectivity index (χ0) is 17.5. The lowest BCUT2D eigenvalue weighted by Gasteiger charge is -2.45. The molecule has 0 aromatic heterocycles. The highest BCUT2D eigenvalue weighted by molar-refractivity contribution is 6.32. The summed E-state index contributed by atoms with van der Waals surface area (Å²) in [5.74, 6) is 0. The van der Waals surface area contributed by atoms with E-state index in [0.717, 1.165) is 36.3 Å². The van der Waals surface area contributed by atoms with E-state index in [1.165, 1.54) is 11.1 Å². The highest BCUT2D eigenvalue weighted by Crippen LogP contribution is 2.39. The van der Waals surface area contributed by atoms with Gasteiger partial charge in [-0.1, -0.05) is 35.4 Å². The topological polar surface area (TPSA) is 29.5 Å². The third-order valence-corrected chi connectivity index (χ3v) is 5.04. The van der Waals surface area contributed by atoms with E-state index in [1.807, 2.05) is 37.8 Å². The van der Waals surface area contributed by atoms with Crippen LogP contribution in [0.2, 0.25) is 5.02 Å². The van der Waals surface area contributed by atoms with Crippen LogP contribution in [0.15, 0.2) is 24.3 Å². The summed E-state index contributed by atoms with van der Waals surface area (Å²) < 4.78 is 5.63. The number of benzene rings is 1. The van der Waals surface area contributed by atoms with Gasteiger partial charge in [0, 0.05) is 11.1 Å². The molecule has 130 valence electrons. The van der Waals surface area contributed by atoms with Gasteiger partial charge in [-0.15, -0.1) is 0 Å². The van der Waals surface area contributed by atoms with Crippen LogP contribution in [0.1, 0.15) is 57.6 Å². The van der Waals surface area contributed by atoms with Gasteiger partial charge in [-0.25, -0.2) is 4.79 Å². The van der Waals surface area contributed by atoms with Gasteiger partial charge in [0.2, 0.25) is 0 Å². The minimum atomic E-state index is -0.463. The highest BCUT2D eigenvalue weighted by Gasteiger charge is 2.39. The van der Waals surface area contributed by atoms with Crippen molar-refractivity contribution < 1.29 is 9.53 Å². The fraction of sp³-hybridized carbons (Fsp3) is 0.550. The van der Waals surface area contributed by atoms with Crippen molar-refractivity contribution in [1.82, 2.24) is 4.90 Å². The first-order valence-corrected chi connectivity index (χ1v) is 9.11. The monoisotopic (exact) mass is 347 g/mol. The van der Waals surface area contributed by atoms with Crippen molar-refractivity contribution in [1.29, 1.82) is 0 Å². The molecule has 1 amide bonds. The van der Waals surface area contributed by atoms with Crippen molar-refractivity contribution in [3.8, 4) is 0 Å². The van der Waals surface area contributed by atoms with Crippen LogP contribution in [-0.2, 0) is 4.74 Å². The average molecular weight is 348 g/mol. The molecule has 1 fully saturated rings. The van der Waals surface area contributed by atoms with E-state index in [-0.39, 0.29) is 18.2 Å². The van der Waals surface area contributed by atoms with Crippen molar-refractivity contribution in [3.05, 3.63) is 40.4 Å². The molecule has 2 aliphatic heterocycles. The van der Waals surface area contributed by atoms with Crippen LogP contribution in [0.25, 0.3) is 5.57 Å². The van der Waals surface area contributed by atoms with Crippen molar-refractivity contribution >= 4 is 23.3 Å². The second-order valence-corrected chi connectivity index (χ2v) is 8.33. The summed E-state index contributed by atoms with van der Waals surface area (Å²) in [4.78, 5) is 14.6. The molecule has 0 aliphatic carbocycles. The lowest BCUT2D eigenvalue weighted by Crippen LogP contribution is -2.53. The Bertz CT molecular complexity index is 675. The Labute approximate surface area is 149 Å².